The van der Waals surface area contributed by atoms with Gasteiger partial charge in [0.15, 0.2) is 0 Å². The highest BCUT2D eigenvalue weighted by molar-refractivity contribution is 6.44. The Balaban J connectivity index is 3.44. The molecule has 0 aliphatic heterocycles. The summed E-state index contributed by atoms with van der Waals surface area (Å²) in [6.07, 6.45) is 6.80. The Kier molecular flexibility index (Phi) is 11.1. The Bertz CT molecular complexity index is 99.5. The SMILES string of the molecule is CCCCOB(CCC)OCCCC. The Morgan fingerprint density at radius 2 is 1.29 bits per heavy atom. The molecule has 0 aromatic carbocycles. The van der Waals surface area contributed by atoms with Crippen molar-refractivity contribution in [3.05, 3.63) is 0 Å². The molecule has 3 heteroatoms. The van der Waals surface area contributed by atoms with Crippen molar-refractivity contribution >= 4 is 7.12 Å². The average molecular weight is 200 g/mol. The maximum Gasteiger partial charge on any atom is 0.456 e. The monoisotopic (exact) mass is 200 g/mol. The lowest BCUT2D eigenvalue weighted by molar-refractivity contribution is 0.191. The van der Waals surface area contributed by atoms with E-state index in [-0.39, 0.29) is 7.12 Å². The van der Waals surface area contributed by atoms with E-state index in [4.69, 9.17) is 9.31 Å². The van der Waals surface area contributed by atoms with Gasteiger partial charge in [-0.3, -0.25) is 0 Å². The van der Waals surface area contributed by atoms with E-state index in [2.05, 4.69) is 20.8 Å². The van der Waals surface area contributed by atoms with Crippen LogP contribution in [0.5, 0.6) is 0 Å². The van der Waals surface area contributed by atoms with Crippen molar-refractivity contribution in [1.82, 2.24) is 0 Å². The predicted octanol–water partition coefficient (Wildman–Crippen LogP) is 3.52. The van der Waals surface area contributed by atoms with E-state index in [1.807, 2.05) is 0 Å². The first-order valence-corrected chi connectivity index (χ1v) is 6.08. The van der Waals surface area contributed by atoms with E-state index in [0.717, 1.165) is 38.8 Å². The summed E-state index contributed by atoms with van der Waals surface area (Å²) in [6, 6.07) is 0. The third kappa shape index (κ3) is 8.58. The molecule has 14 heavy (non-hydrogen) atoms. The smallest absolute Gasteiger partial charge is 0.411 e. The van der Waals surface area contributed by atoms with Crippen LogP contribution >= 0.6 is 0 Å². The van der Waals surface area contributed by atoms with E-state index in [9.17, 15) is 0 Å². The normalized spacial score (nSPS) is 10.5. The highest BCUT2D eigenvalue weighted by Crippen LogP contribution is 2.04. The van der Waals surface area contributed by atoms with Crippen molar-refractivity contribution in [1.29, 1.82) is 0 Å². The first-order chi connectivity index (χ1) is 6.85. The van der Waals surface area contributed by atoms with Crippen LogP contribution in [0.2, 0.25) is 6.32 Å². The second-order valence-corrected chi connectivity index (χ2v) is 3.67. The molecule has 0 rings (SSSR count). The maximum absolute atomic E-state index is 5.65. The van der Waals surface area contributed by atoms with Gasteiger partial charge < -0.3 is 9.31 Å². The highest BCUT2D eigenvalue weighted by Gasteiger charge is 2.15. The van der Waals surface area contributed by atoms with Gasteiger partial charge in [0, 0.05) is 13.2 Å². The lowest BCUT2D eigenvalue weighted by Crippen LogP contribution is -2.23. The molecule has 2 nitrogen and oxygen atoms in total. The predicted molar refractivity (Wildman–Crippen MR) is 62.6 cm³/mol. The summed E-state index contributed by atoms with van der Waals surface area (Å²) in [4.78, 5) is 0. The molecule has 0 unspecified atom stereocenters. The molecular weight excluding hydrogens is 175 g/mol. The molecule has 0 aromatic rings. The summed E-state index contributed by atoms with van der Waals surface area (Å²) >= 11 is 0. The minimum absolute atomic E-state index is 0.0399. The van der Waals surface area contributed by atoms with Crippen molar-refractivity contribution in [2.45, 2.75) is 59.2 Å². The molecule has 0 aliphatic carbocycles. The Morgan fingerprint density at radius 3 is 1.64 bits per heavy atom. The largest absolute Gasteiger partial charge is 0.456 e. The standard InChI is InChI=1S/C11H25BO2/c1-4-7-10-13-12(9-6-3)14-11-8-5-2/h4-11H2,1-3H3. The summed E-state index contributed by atoms with van der Waals surface area (Å²) in [7, 11) is 0.0399. The minimum atomic E-state index is 0.0399. The Morgan fingerprint density at radius 1 is 0.786 bits per heavy atom. The van der Waals surface area contributed by atoms with Crippen LogP contribution in [-0.2, 0) is 9.31 Å². The van der Waals surface area contributed by atoms with Crippen LogP contribution < -0.4 is 0 Å². The maximum atomic E-state index is 5.65. The zero-order valence-corrected chi connectivity index (χ0v) is 10.1. The van der Waals surface area contributed by atoms with Gasteiger partial charge in [-0.15, -0.1) is 0 Å². The first kappa shape index (κ1) is 14.0. The summed E-state index contributed by atoms with van der Waals surface area (Å²) in [5, 5.41) is 0. The average Bonchev–Trinajstić information content (AvgIpc) is 2.18. The quantitative estimate of drug-likeness (QED) is 0.396. The zero-order valence-electron chi connectivity index (χ0n) is 10.1. The van der Waals surface area contributed by atoms with Crippen molar-refractivity contribution < 1.29 is 9.31 Å². The lowest BCUT2D eigenvalue weighted by atomic mass is 9.83. The van der Waals surface area contributed by atoms with E-state index in [1.54, 1.807) is 0 Å². The van der Waals surface area contributed by atoms with E-state index >= 15 is 0 Å². The molecule has 0 bridgehead atoms. The summed E-state index contributed by atoms with van der Waals surface area (Å²) in [5.41, 5.74) is 0. The molecule has 0 spiro atoms. The van der Waals surface area contributed by atoms with Crippen LogP contribution in [0.3, 0.4) is 0 Å². The van der Waals surface area contributed by atoms with Gasteiger partial charge in [0.2, 0.25) is 0 Å². The van der Waals surface area contributed by atoms with Crippen LogP contribution in [0.4, 0.5) is 0 Å². The van der Waals surface area contributed by atoms with Crippen LogP contribution in [0.25, 0.3) is 0 Å². The van der Waals surface area contributed by atoms with Gasteiger partial charge in [0.25, 0.3) is 0 Å². The fourth-order valence-electron chi connectivity index (χ4n) is 1.17. The van der Waals surface area contributed by atoms with Crippen LogP contribution in [0, 0.1) is 0 Å². The van der Waals surface area contributed by atoms with Crippen molar-refractivity contribution in [3.8, 4) is 0 Å². The van der Waals surface area contributed by atoms with Crippen LogP contribution in [0.1, 0.15) is 52.9 Å². The molecular formula is C11H25BO2. The van der Waals surface area contributed by atoms with Gasteiger partial charge in [0.05, 0.1) is 0 Å². The molecule has 0 heterocycles. The molecule has 0 aromatic heterocycles. The fraction of sp³-hybridized carbons (Fsp3) is 1.00. The molecule has 0 saturated heterocycles. The number of unbranched alkanes of at least 4 members (excludes halogenated alkanes) is 2. The second-order valence-electron chi connectivity index (χ2n) is 3.67. The third-order valence-electron chi connectivity index (χ3n) is 2.13. The number of hydrogen-bond donors (Lipinski definition) is 0. The van der Waals surface area contributed by atoms with Gasteiger partial charge in [-0.1, -0.05) is 40.0 Å². The molecule has 0 aliphatic rings. The topological polar surface area (TPSA) is 18.5 Å². The fourth-order valence-corrected chi connectivity index (χ4v) is 1.17. The minimum Gasteiger partial charge on any atom is -0.411 e. The van der Waals surface area contributed by atoms with E-state index in [0.29, 0.717) is 0 Å². The first-order valence-electron chi connectivity index (χ1n) is 6.08. The van der Waals surface area contributed by atoms with Crippen molar-refractivity contribution in [2.24, 2.45) is 0 Å². The van der Waals surface area contributed by atoms with Crippen molar-refractivity contribution in [3.63, 3.8) is 0 Å². The second kappa shape index (κ2) is 11.1. The van der Waals surface area contributed by atoms with Gasteiger partial charge in [-0.25, -0.2) is 0 Å². The van der Waals surface area contributed by atoms with Gasteiger partial charge in [-0.05, 0) is 19.2 Å². The van der Waals surface area contributed by atoms with Crippen molar-refractivity contribution in [2.75, 3.05) is 13.2 Å². The zero-order chi connectivity index (χ0) is 10.6. The number of hydrogen-bond acceptors (Lipinski definition) is 2. The lowest BCUT2D eigenvalue weighted by Gasteiger charge is -2.13. The van der Waals surface area contributed by atoms with Crippen LogP contribution in [0.15, 0.2) is 0 Å². The molecule has 0 amide bonds. The molecule has 0 fully saturated rings. The summed E-state index contributed by atoms with van der Waals surface area (Å²) < 4.78 is 11.3. The van der Waals surface area contributed by atoms with Gasteiger partial charge in [0.1, 0.15) is 0 Å². The Hall–Kier alpha value is -0.0151. The Labute approximate surface area is 89.5 Å². The van der Waals surface area contributed by atoms with E-state index < -0.39 is 0 Å². The molecule has 0 N–H and O–H groups in total. The van der Waals surface area contributed by atoms with Crippen LogP contribution in [-0.4, -0.2) is 20.3 Å². The molecule has 84 valence electrons. The highest BCUT2D eigenvalue weighted by atomic mass is 16.6. The molecule has 0 saturated carbocycles. The van der Waals surface area contributed by atoms with Gasteiger partial charge in [-0.2, -0.15) is 0 Å². The number of rotatable bonds is 10. The third-order valence-corrected chi connectivity index (χ3v) is 2.13. The summed E-state index contributed by atoms with van der Waals surface area (Å²) in [6.45, 7) is 8.20. The van der Waals surface area contributed by atoms with Gasteiger partial charge >= 0.3 is 7.12 Å². The molecule has 0 radical (unpaired) electrons. The molecule has 0 atom stereocenters. The summed E-state index contributed by atoms with van der Waals surface area (Å²) in [5.74, 6) is 0. The van der Waals surface area contributed by atoms with E-state index in [1.165, 1.54) is 12.8 Å².